The molecule has 1 aliphatic heterocycles. The molecule has 1 saturated heterocycles. The van der Waals surface area contributed by atoms with Crippen molar-refractivity contribution in [3.05, 3.63) is 71.8 Å². The summed E-state index contributed by atoms with van der Waals surface area (Å²) in [5.41, 5.74) is 2.15. The molecule has 1 heterocycles. The molecule has 2 atom stereocenters. The number of hydrogen-bond donors (Lipinski definition) is 0. The van der Waals surface area contributed by atoms with Crippen LogP contribution in [0.5, 0.6) is 0 Å². The lowest BCUT2D eigenvalue weighted by Gasteiger charge is -2.39. The van der Waals surface area contributed by atoms with Crippen LogP contribution in [-0.4, -0.2) is 20.1 Å². The van der Waals surface area contributed by atoms with Gasteiger partial charge in [0.05, 0.1) is 5.25 Å². The van der Waals surface area contributed by atoms with Crippen LogP contribution in [0.2, 0.25) is 0 Å². The number of hydrogen-bond acceptors (Lipinski definition) is 2. The smallest absolute Gasteiger partial charge is 0.238 e. The Morgan fingerprint density at radius 3 is 2.04 bits per heavy atom. The van der Waals surface area contributed by atoms with Crippen LogP contribution in [0, 0.1) is 12.3 Å². The van der Waals surface area contributed by atoms with Crippen molar-refractivity contribution in [3.63, 3.8) is 0 Å². The molecule has 1 amide bonds. The number of rotatable bonds is 3. The van der Waals surface area contributed by atoms with E-state index in [0.717, 1.165) is 11.1 Å². The Balaban J connectivity index is 2.28. The Morgan fingerprint density at radius 1 is 1.13 bits per heavy atom. The molecular formula is C19H16INOS. The highest BCUT2D eigenvalue weighted by molar-refractivity contribution is 14.1. The van der Waals surface area contributed by atoms with Gasteiger partial charge in [-0.15, -0.1) is 18.2 Å². The summed E-state index contributed by atoms with van der Waals surface area (Å²) in [5, 5.41) is -0.138. The first-order chi connectivity index (χ1) is 11.1. The van der Waals surface area contributed by atoms with Crippen molar-refractivity contribution in [1.29, 1.82) is 0 Å². The van der Waals surface area contributed by atoms with Gasteiger partial charge in [0.25, 0.3) is 0 Å². The first kappa shape index (κ1) is 16.4. The van der Waals surface area contributed by atoms with E-state index < -0.39 is 4.87 Å². The third kappa shape index (κ3) is 2.66. The van der Waals surface area contributed by atoms with E-state index in [4.69, 9.17) is 6.42 Å². The number of terminal acetylenes is 1. The zero-order valence-corrected chi connectivity index (χ0v) is 15.6. The number of amides is 1. The first-order valence-corrected chi connectivity index (χ1v) is 9.46. The summed E-state index contributed by atoms with van der Waals surface area (Å²) >= 11 is 3.82. The van der Waals surface area contributed by atoms with Gasteiger partial charge >= 0.3 is 0 Å². The Bertz CT molecular complexity index is 701. The SMILES string of the molecule is C#CC(I)N1C(=O)C(C)SC1(c1ccccc1)c1ccccc1. The maximum Gasteiger partial charge on any atom is 0.238 e. The Labute approximate surface area is 154 Å². The molecule has 2 nitrogen and oxygen atoms in total. The molecule has 2 aromatic carbocycles. The standard InChI is InChI=1S/C19H16INOS/c1-3-17(20)21-18(22)14(2)23-19(21,15-10-6-4-7-11-15)16-12-8-5-9-13-16/h1,4-14,17H,2H3. The number of carbonyl (C=O) groups is 1. The molecule has 1 fully saturated rings. The molecule has 0 bridgehead atoms. The van der Waals surface area contributed by atoms with E-state index in [1.165, 1.54) is 0 Å². The number of carbonyl (C=O) groups excluding carboxylic acids is 1. The van der Waals surface area contributed by atoms with Crippen molar-refractivity contribution in [2.75, 3.05) is 0 Å². The monoisotopic (exact) mass is 433 g/mol. The summed E-state index contributed by atoms with van der Waals surface area (Å²) in [7, 11) is 0. The zero-order chi connectivity index (χ0) is 16.4. The minimum atomic E-state index is -0.586. The fourth-order valence-corrected chi connectivity index (χ4v) is 5.43. The van der Waals surface area contributed by atoms with E-state index in [1.54, 1.807) is 11.8 Å². The highest BCUT2D eigenvalue weighted by atomic mass is 127. The summed E-state index contributed by atoms with van der Waals surface area (Å²) in [4.78, 5) is 14.1. The molecule has 116 valence electrons. The van der Waals surface area contributed by atoms with Crippen molar-refractivity contribution in [2.24, 2.45) is 0 Å². The van der Waals surface area contributed by atoms with E-state index in [9.17, 15) is 4.79 Å². The second kappa shape index (κ2) is 6.58. The van der Waals surface area contributed by atoms with Crippen LogP contribution in [0.15, 0.2) is 60.7 Å². The van der Waals surface area contributed by atoms with E-state index in [-0.39, 0.29) is 15.2 Å². The minimum Gasteiger partial charge on any atom is -0.296 e. The third-order valence-electron chi connectivity index (χ3n) is 3.97. The van der Waals surface area contributed by atoms with Gasteiger partial charge in [0.15, 0.2) is 0 Å². The van der Waals surface area contributed by atoms with Gasteiger partial charge in [0.2, 0.25) is 5.91 Å². The van der Waals surface area contributed by atoms with Crippen molar-refractivity contribution in [1.82, 2.24) is 4.90 Å². The maximum atomic E-state index is 12.9. The number of thioether (sulfide) groups is 1. The molecule has 3 rings (SSSR count). The van der Waals surface area contributed by atoms with Gasteiger partial charge in [-0.25, -0.2) is 0 Å². The number of nitrogens with zero attached hydrogens (tertiary/aromatic N) is 1. The summed E-state index contributed by atoms with van der Waals surface area (Å²) < 4.78 is -0.307. The molecule has 2 aromatic rings. The van der Waals surface area contributed by atoms with Crippen molar-refractivity contribution in [2.45, 2.75) is 21.1 Å². The van der Waals surface area contributed by atoms with Gasteiger partial charge in [0, 0.05) is 0 Å². The highest BCUT2D eigenvalue weighted by Gasteiger charge is 2.54. The molecule has 1 aliphatic rings. The van der Waals surface area contributed by atoms with E-state index in [0.29, 0.717) is 0 Å². The maximum absolute atomic E-state index is 12.9. The van der Waals surface area contributed by atoms with Crippen LogP contribution in [0.4, 0.5) is 0 Å². The average molecular weight is 433 g/mol. The average Bonchev–Trinajstić information content (AvgIpc) is 2.88. The molecule has 0 saturated carbocycles. The quantitative estimate of drug-likeness (QED) is 0.312. The molecule has 23 heavy (non-hydrogen) atoms. The molecule has 0 radical (unpaired) electrons. The van der Waals surface area contributed by atoms with Crippen LogP contribution >= 0.6 is 34.4 Å². The Kier molecular flexibility index (Phi) is 4.69. The molecule has 0 spiro atoms. The fourth-order valence-electron chi connectivity index (χ4n) is 2.97. The van der Waals surface area contributed by atoms with Crippen molar-refractivity contribution in [3.8, 4) is 12.3 Å². The van der Waals surface area contributed by atoms with Crippen LogP contribution in [-0.2, 0) is 9.67 Å². The van der Waals surface area contributed by atoms with E-state index in [1.807, 2.05) is 48.2 Å². The van der Waals surface area contributed by atoms with E-state index in [2.05, 4.69) is 52.8 Å². The third-order valence-corrected chi connectivity index (χ3v) is 6.45. The largest absolute Gasteiger partial charge is 0.296 e. The summed E-state index contributed by atoms with van der Waals surface area (Å²) in [5.74, 6) is 2.81. The molecule has 0 N–H and O–H groups in total. The molecule has 0 aromatic heterocycles. The van der Waals surface area contributed by atoms with Gasteiger partial charge in [0.1, 0.15) is 8.92 Å². The van der Waals surface area contributed by atoms with Gasteiger partial charge in [-0.3, -0.25) is 9.69 Å². The summed E-state index contributed by atoms with van der Waals surface area (Å²) in [6.45, 7) is 1.95. The number of halogens is 1. The van der Waals surface area contributed by atoms with Gasteiger partial charge in [-0.1, -0.05) is 66.6 Å². The van der Waals surface area contributed by atoms with Crippen LogP contribution < -0.4 is 0 Å². The predicted octanol–water partition coefficient (Wildman–Crippen LogP) is 4.25. The minimum absolute atomic E-state index is 0.0834. The van der Waals surface area contributed by atoms with Gasteiger partial charge in [-0.05, 0) is 40.6 Å². The molecule has 2 unspecified atom stereocenters. The summed E-state index contributed by atoms with van der Waals surface area (Å²) in [6, 6.07) is 20.3. The molecule has 0 aliphatic carbocycles. The molecular weight excluding hydrogens is 417 g/mol. The normalized spacial score (nSPS) is 21.0. The highest BCUT2D eigenvalue weighted by Crippen LogP contribution is 2.54. The van der Waals surface area contributed by atoms with Crippen LogP contribution in [0.3, 0.4) is 0 Å². The van der Waals surface area contributed by atoms with E-state index >= 15 is 0 Å². The van der Waals surface area contributed by atoms with Crippen LogP contribution in [0.1, 0.15) is 18.1 Å². The fraction of sp³-hybridized carbons (Fsp3) is 0.211. The zero-order valence-electron chi connectivity index (χ0n) is 12.6. The Morgan fingerprint density at radius 2 is 1.61 bits per heavy atom. The second-order valence-corrected chi connectivity index (χ2v) is 8.06. The molecule has 4 heteroatoms. The lowest BCUT2D eigenvalue weighted by atomic mass is 9.96. The van der Waals surface area contributed by atoms with Gasteiger partial charge in [-0.2, -0.15) is 0 Å². The number of benzene rings is 2. The van der Waals surface area contributed by atoms with Crippen LogP contribution in [0.25, 0.3) is 0 Å². The first-order valence-electron chi connectivity index (χ1n) is 7.33. The second-order valence-electron chi connectivity index (χ2n) is 5.35. The van der Waals surface area contributed by atoms with Gasteiger partial charge < -0.3 is 0 Å². The lowest BCUT2D eigenvalue weighted by molar-refractivity contribution is -0.131. The number of alkyl halides is 1. The summed E-state index contributed by atoms with van der Waals surface area (Å²) in [6.07, 6.45) is 5.68. The van der Waals surface area contributed by atoms with Crippen molar-refractivity contribution >= 4 is 40.3 Å². The Hall–Kier alpha value is -1.45. The predicted molar refractivity (Wildman–Crippen MR) is 104 cm³/mol. The lowest BCUT2D eigenvalue weighted by Crippen LogP contribution is -2.46. The van der Waals surface area contributed by atoms with Crippen molar-refractivity contribution < 1.29 is 4.79 Å². The topological polar surface area (TPSA) is 20.3 Å².